The fourth-order valence-electron chi connectivity index (χ4n) is 3.38. The van der Waals surface area contributed by atoms with E-state index in [4.69, 9.17) is 11.6 Å². The molecule has 0 unspecified atom stereocenters. The molecule has 1 amide bonds. The molecule has 158 valence electrons. The number of Topliss-reactive ketones (excluding diaryl/α,β-unsaturated/α-hetero) is 1. The lowest BCUT2D eigenvalue weighted by molar-refractivity contribution is 0.101. The van der Waals surface area contributed by atoms with Crippen molar-refractivity contribution >= 4 is 29.0 Å². The number of rotatable bonds is 5. The smallest absolute Gasteiger partial charge is 0.277 e. The Labute approximate surface area is 188 Å². The SMILES string of the molecule is CC(=O)c1ccc(Cl)c(NC(=O)c2c(-c3ccccc3)c(-c3ccccc3)n[nH]c2=O)c1. The lowest BCUT2D eigenvalue weighted by Crippen LogP contribution is -2.26. The van der Waals surface area contributed by atoms with Gasteiger partial charge in [-0.2, -0.15) is 5.10 Å². The Balaban J connectivity index is 1.89. The molecule has 32 heavy (non-hydrogen) atoms. The number of aromatic nitrogens is 2. The molecule has 4 aromatic rings. The fourth-order valence-corrected chi connectivity index (χ4v) is 3.55. The average molecular weight is 444 g/mol. The topological polar surface area (TPSA) is 91.9 Å². The van der Waals surface area contributed by atoms with Gasteiger partial charge in [0, 0.05) is 16.7 Å². The summed E-state index contributed by atoms with van der Waals surface area (Å²) in [5, 5.41) is 9.61. The summed E-state index contributed by atoms with van der Waals surface area (Å²) in [6.07, 6.45) is 0. The number of hydrogen-bond acceptors (Lipinski definition) is 4. The predicted molar refractivity (Wildman–Crippen MR) is 125 cm³/mol. The molecule has 0 aliphatic carbocycles. The maximum Gasteiger partial charge on any atom is 0.277 e. The number of benzene rings is 3. The summed E-state index contributed by atoms with van der Waals surface area (Å²) in [6.45, 7) is 1.42. The van der Waals surface area contributed by atoms with Crippen molar-refractivity contribution in [3.05, 3.63) is 105 Å². The monoisotopic (exact) mass is 443 g/mol. The molecule has 4 rings (SSSR count). The first-order chi connectivity index (χ1) is 15.5. The van der Waals surface area contributed by atoms with Gasteiger partial charge in [0.2, 0.25) is 0 Å². The van der Waals surface area contributed by atoms with Crippen molar-refractivity contribution in [3.63, 3.8) is 0 Å². The minimum Gasteiger partial charge on any atom is -0.320 e. The number of nitrogens with one attached hydrogen (secondary N) is 2. The Morgan fingerprint density at radius 2 is 1.53 bits per heavy atom. The molecule has 1 aromatic heterocycles. The van der Waals surface area contributed by atoms with Crippen LogP contribution in [0.15, 0.2) is 83.7 Å². The Bertz CT molecular complexity index is 1370. The number of nitrogens with zero attached hydrogens (tertiary/aromatic N) is 1. The van der Waals surface area contributed by atoms with Crippen LogP contribution in [0.4, 0.5) is 5.69 Å². The lowest BCUT2D eigenvalue weighted by Gasteiger charge is -2.14. The third-order valence-electron chi connectivity index (χ3n) is 4.94. The van der Waals surface area contributed by atoms with E-state index in [1.54, 1.807) is 6.07 Å². The molecule has 0 saturated carbocycles. The average Bonchev–Trinajstić information content (AvgIpc) is 2.81. The van der Waals surface area contributed by atoms with Gasteiger partial charge in [0.25, 0.3) is 11.5 Å². The molecule has 0 aliphatic heterocycles. The molecular weight excluding hydrogens is 426 g/mol. The number of carbonyl (C=O) groups excluding carboxylic acids is 2. The Kier molecular flexibility index (Phi) is 5.96. The van der Waals surface area contributed by atoms with Crippen LogP contribution >= 0.6 is 11.6 Å². The third kappa shape index (κ3) is 4.22. The van der Waals surface area contributed by atoms with Crippen molar-refractivity contribution < 1.29 is 9.59 Å². The van der Waals surface area contributed by atoms with Crippen LogP contribution in [0.25, 0.3) is 22.4 Å². The normalized spacial score (nSPS) is 10.6. The summed E-state index contributed by atoms with van der Waals surface area (Å²) in [4.78, 5) is 37.9. The highest BCUT2D eigenvalue weighted by Crippen LogP contribution is 2.32. The number of H-pyrrole nitrogens is 1. The molecule has 3 aromatic carbocycles. The van der Waals surface area contributed by atoms with E-state index in [0.717, 1.165) is 5.56 Å². The van der Waals surface area contributed by atoms with Gasteiger partial charge in [-0.25, -0.2) is 5.10 Å². The standard InChI is InChI=1S/C25H18ClN3O3/c1-15(30)18-12-13-19(26)20(14-18)27-24(31)22-21(16-8-4-2-5-9-16)23(28-29-25(22)32)17-10-6-3-7-11-17/h2-14H,1H3,(H,27,31)(H,29,32). The van der Waals surface area contributed by atoms with Gasteiger partial charge in [-0.05, 0) is 30.7 Å². The first kappa shape index (κ1) is 21.2. The second kappa shape index (κ2) is 8.99. The van der Waals surface area contributed by atoms with Crippen molar-refractivity contribution in [1.82, 2.24) is 10.2 Å². The van der Waals surface area contributed by atoms with Gasteiger partial charge in [-0.3, -0.25) is 14.4 Å². The summed E-state index contributed by atoms with van der Waals surface area (Å²) in [6, 6.07) is 23.0. The van der Waals surface area contributed by atoms with Crippen LogP contribution in [0.1, 0.15) is 27.6 Å². The summed E-state index contributed by atoms with van der Waals surface area (Å²) in [5.74, 6) is -0.831. The van der Waals surface area contributed by atoms with Crippen molar-refractivity contribution in [1.29, 1.82) is 0 Å². The highest BCUT2D eigenvalue weighted by Gasteiger charge is 2.23. The molecule has 0 radical (unpaired) electrons. The van der Waals surface area contributed by atoms with Crippen LogP contribution < -0.4 is 10.9 Å². The summed E-state index contributed by atoms with van der Waals surface area (Å²) in [7, 11) is 0. The molecular formula is C25H18ClN3O3. The van der Waals surface area contributed by atoms with Crippen LogP contribution in [0.3, 0.4) is 0 Å². The number of carbonyl (C=O) groups is 2. The van der Waals surface area contributed by atoms with E-state index in [1.807, 2.05) is 60.7 Å². The molecule has 2 N–H and O–H groups in total. The van der Waals surface area contributed by atoms with Gasteiger partial charge in [0.05, 0.1) is 16.4 Å². The Morgan fingerprint density at radius 3 is 2.16 bits per heavy atom. The number of halogens is 1. The second-order valence-electron chi connectivity index (χ2n) is 7.09. The van der Waals surface area contributed by atoms with Gasteiger partial charge in [-0.1, -0.05) is 72.3 Å². The zero-order valence-corrected chi connectivity index (χ0v) is 17.8. The molecule has 1 heterocycles. The molecule has 7 heteroatoms. The van der Waals surface area contributed by atoms with Crippen LogP contribution in [0.2, 0.25) is 5.02 Å². The van der Waals surface area contributed by atoms with E-state index < -0.39 is 11.5 Å². The summed E-state index contributed by atoms with van der Waals surface area (Å²) < 4.78 is 0. The molecule has 0 saturated heterocycles. The van der Waals surface area contributed by atoms with Gasteiger partial charge in [0.15, 0.2) is 5.78 Å². The van der Waals surface area contributed by atoms with Gasteiger partial charge in [-0.15, -0.1) is 0 Å². The molecule has 0 fully saturated rings. The van der Waals surface area contributed by atoms with Crippen LogP contribution in [0.5, 0.6) is 0 Å². The fraction of sp³-hybridized carbons (Fsp3) is 0.0400. The minimum atomic E-state index is -0.660. The van der Waals surface area contributed by atoms with Crippen molar-refractivity contribution in [2.75, 3.05) is 5.32 Å². The van der Waals surface area contributed by atoms with Crippen LogP contribution in [0, 0.1) is 0 Å². The largest absolute Gasteiger partial charge is 0.320 e. The Morgan fingerprint density at radius 1 is 0.906 bits per heavy atom. The maximum absolute atomic E-state index is 13.3. The number of ketones is 1. The summed E-state index contributed by atoms with van der Waals surface area (Å²) in [5.41, 5.74) is 2.16. The molecule has 0 aliphatic rings. The van der Waals surface area contributed by atoms with Crippen LogP contribution in [-0.4, -0.2) is 21.9 Å². The molecule has 0 bridgehead atoms. The number of anilines is 1. The zero-order valence-electron chi connectivity index (χ0n) is 17.1. The van der Waals surface area contributed by atoms with Crippen molar-refractivity contribution in [3.8, 4) is 22.4 Å². The predicted octanol–water partition coefficient (Wildman–Crippen LogP) is 5.21. The summed E-state index contributed by atoms with van der Waals surface area (Å²) >= 11 is 6.23. The molecule has 0 spiro atoms. The van der Waals surface area contributed by atoms with Crippen molar-refractivity contribution in [2.24, 2.45) is 0 Å². The van der Waals surface area contributed by atoms with Gasteiger partial charge in [0.1, 0.15) is 5.56 Å². The quantitative estimate of drug-likeness (QED) is 0.414. The van der Waals surface area contributed by atoms with E-state index >= 15 is 0 Å². The van der Waals surface area contributed by atoms with Crippen molar-refractivity contribution in [2.45, 2.75) is 6.92 Å². The first-order valence-electron chi connectivity index (χ1n) is 9.81. The zero-order chi connectivity index (χ0) is 22.7. The minimum absolute atomic E-state index is 0.102. The maximum atomic E-state index is 13.3. The van der Waals surface area contributed by atoms with E-state index in [2.05, 4.69) is 15.5 Å². The third-order valence-corrected chi connectivity index (χ3v) is 5.27. The lowest BCUT2D eigenvalue weighted by atomic mass is 9.95. The highest BCUT2D eigenvalue weighted by atomic mass is 35.5. The van der Waals surface area contributed by atoms with E-state index in [9.17, 15) is 14.4 Å². The highest BCUT2D eigenvalue weighted by molar-refractivity contribution is 6.34. The first-order valence-corrected chi connectivity index (χ1v) is 10.2. The second-order valence-corrected chi connectivity index (χ2v) is 7.50. The number of aromatic amines is 1. The Hall–Kier alpha value is -4.03. The van der Waals surface area contributed by atoms with E-state index in [1.165, 1.54) is 19.1 Å². The van der Waals surface area contributed by atoms with Gasteiger partial charge >= 0.3 is 0 Å². The number of hydrogen-bond donors (Lipinski definition) is 2. The van der Waals surface area contributed by atoms with Crippen LogP contribution in [-0.2, 0) is 0 Å². The van der Waals surface area contributed by atoms with E-state index in [0.29, 0.717) is 22.4 Å². The van der Waals surface area contributed by atoms with E-state index in [-0.39, 0.29) is 22.1 Å². The van der Waals surface area contributed by atoms with Gasteiger partial charge < -0.3 is 5.32 Å². The number of amides is 1. The molecule has 6 nitrogen and oxygen atoms in total. The molecule has 0 atom stereocenters.